The maximum absolute atomic E-state index is 11.7. The molecule has 17 heavy (non-hydrogen) atoms. The molecule has 0 unspecified atom stereocenters. The Morgan fingerprint density at radius 2 is 2.06 bits per heavy atom. The van der Waals surface area contributed by atoms with Crippen molar-refractivity contribution in [1.29, 1.82) is 0 Å². The maximum atomic E-state index is 11.7. The van der Waals surface area contributed by atoms with Crippen LogP contribution in [0.2, 0.25) is 0 Å². The summed E-state index contributed by atoms with van der Waals surface area (Å²) in [6.07, 6.45) is 1.07. The lowest BCUT2D eigenvalue weighted by Crippen LogP contribution is -2.49. The molecule has 0 saturated heterocycles. The summed E-state index contributed by atoms with van der Waals surface area (Å²) in [7, 11) is 0. The minimum atomic E-state index is -2.50. The molecule has 2 N–H and O–H groups in total. The fraction of sp³-hybridized carbons (Fsp3) is 0.909. The van der Waals surface area contributed by atoms with E-state index in [0.29, 0.717) is 0 Å². The van der Waals surface area contributed by atoms with E-state index in [-0.39, 0.29) is 25.5 Å². The van der Waals surface area contributed by atoms with E-state index in [0.717, 1.165) is 25.7 Å². The highest BCUT2D eigenvalue weighted by Crippen LogP contribution is 2.29. The molecule has 0 atom stereocenters. The lowest BCUT2D eigenvalue weighted by atomic mass is 9.99. The lowest BCUT2D eigenvalue weighted by Gasteiger charge is -2.27. The second-order valence-corrected chi connectivity index (χ2v) is 4.41. The molecule has 1 amide bonds. The van der Waals surface area contributed by atoms with E-state index < -0.39 is 18.6 Å². The quantitative estimate of drug-likeness (QED) is 0.666. The molecule has 0 aromatic carbocycles. The van der Waals surface area contributed by atoms with Crippen LogP contribution in [0.25, 0.3) is 0 Å². The zero-order valence-corrected chi connectivity index (χ0v) is 9.75. The summed E-state index contributed by atoms with van der Waals surface area (Å²) in [6.45, 7) is -0.729. The fourth-order valence-corrected chi connectivity index (χ4v) is 2.07. The number of amides is 1. The first-order chi connectivity index (χ1) is 8.08. The van der Waals surface area contributed by atoms with Crippen LogP contribution >= 0.6 is 0 Å². The highest BCUT2D eigenvalue weighted by molar-refractivity contribution is 5.77. The number of alkyl halides is 2. The Morgan fingerprint density at radius 1 is 1.41 bits per heavy atom. The number of hydrogen-bond acceptors (Lipinski definition) is 3. The molecular weight excluding hydrogens is 232 g/mol. The van der Waals surface area contributed by atoms with E-state index in [9.17, 15) is 18.7 Å². The molecule has 0 aromatic heterocycles. The van der Waals surface area contributed by atoms with Crippen LogP contribution in [-0.4, -0.2) is 42.8 Å². The van der Waals surface area contributed by atoms with Gasteiger partial charge in [-0.2, -0.15) is 0 Å². The van der Waals surface area contributed by atoms with Crippen molar-refractivity contribution in [1.82, 2.24) is 5.32 Å². The van der Waals surface area contributed by atoms with Gasteiger partial charge in [-0.05, 0) is 12.8 Å². The van der Waals surface area contributed by atoms with Gasteiger partial charge in [-0.15, -0.1) is 0 Å². The molecular formula is C11H19F2NO3. The van der Waals surface area contributed by atoms with Crippen LogP contribution in [0.3, 0.4) is 0 Å². The maximum Gasteiger partial charge on any atom is 0.261 e. The third kappa shape index (κ3) is 4.95. The van der Waals surface area contributed by atoms with Crippen LogP contribution < -0.4 is 5.32 Å². The van der Waals surface area contributed by atoms with Crippen molar-refractivity contribution in [3.05, 3.63) is 0 Å². The number of aliphatic hydroxyl groups excluding tert-OH is 1. The van der Waals surface area contributed by atoms with Gasteiger partial charge in [-0.25, -0.2) is 8.78 Å². The smallest absolute Gasteiger partial charge is 0.261 e. The molecule has 0 heterocycles. The second kappa shape index (κ2) is 6.86. The summed E-state index contributed by atoms with van der Waals surface area (Å²) in [4.78, 5) is 11.5. The predicted octanol–water partition coefficient (Wildman–Crippen LogP) is 1.08. The van der Waals surface area contributed by atoms with Gasteiger partial charge in [0.15, 0.2) is 0 Å². The van der Waals surface area contributed by atoms with E-state index >= 15 is 0 Å². The number of nitrogens with one attached hydrogen (secondary N) is 1. The van der Waals surface area contributed by atoms with Crippen molar-refractivity contribution in [2.24, 2.45) is 0 Å². The molecule has 4 nitrogen and oxygen atoms in total. The number of rotatable bonds is 7. The highest BCUT2D eigenvalue weighted by Gasteiger charge is 2.34. The van der Waals surface area contributed by atoms with Crippen LogP contribution in [0.4, 0.5) is 8.78 Å². The molecule has 1 saturated carbocycles. The summed E-state index contributed by atoms with van der Waals surface area (Å²) in [5, 5.41) is 12.0. The van der Waals surface area contributed by atoms with Crippen LogP contribution in [0.15, 0.2) is 0 Å². The van der Waals surface area contributed by atoms with E-state index in [1.54, 1.807) is 0 Å². The number of carbonyl (C=O) groups is 1. The van der Waals surface area contributed by atoms with Gasteiger partial charge in [0.1, 0.15) is 6.61 Å². The van der Waals surface area contributed by atoms with E-state index in [1.165, 1.54) is 0 Å². The Bertz CT molecular complexity index is 243. The summed E-state index contributed by atoms with van der Waals surface area (Å²) in [5.74, 6) is -0.254. The monoisotopic (exact) mass is 251 g/mol. The largest absolute Gasteiger partial charge is 0.394 e. The van der Waals surface area contributed by atoms with Gasteiger partial charge in [-0.3, -0.25) is 4.79 Å². The van der Waals surface area contributed by atoms with E-state index in [1.807, 2.05) is 0 Å². The molecule has 0 bridgehead atoms. The minimum Gasteiger partial charge on any atom is -0.394 e. The third-order valence-corrected chi connectivity index (χ3v) is 2.99. The van der Waals surface area contributed by atoms with Gasteiger partial charge in [0.2, 0.25) is 5.91 Å². The van der Waals surface area contributed by atoms with Gasteiger partial charge >= 0.3 is 0 Å². The van der Waals surface area contributed by atoms with Gasteiger partial charge < -0.3 is 15.2 Å². The van der Waals surface area contributed by atoms with Crippen molar-refractivity contribution in [3.8, 4) is 0 Å². The average molecular weight is 251 g/mol. The number of ether oxygens (including phenoxy) is 1. The highest BCUT2D eigenvalue weighted by atomic mass is 19.3. The number of hydrogen-bond donors (Lipinski definition) is 2. The van der Waals surface area contributed by atoms with Crippen LogP contribution in [-0.2, 0) is 9.53 Å². The third-order valence-electron chi connectivity index (χ3n) is 2.99. The molecule has 0 spiro atoms. The van der Waals surface area contributed by atoms with Crippen LogP contribution in [0, 0.1) is 0 Å². The fourth-order valence-electron chi connectivity index (χ4n) is 2.07. The second-order valence-electron chi connectivity index (χ2n) is 4.41. The van der Waals surface area contributed by atoms with Crippen molar-refractivity contribution in [3.63, 3.8) is 0 Å². The molecule has 0 aliphatic heterocycles. The van der Waals surface area contributed by atoms with Crippen molar-refractivity contribution >= 4 is 5.91 Å². The summed E-state index contributed by atoms with van der Waals surface area (Å²) in [5.41, 5.74) is -0.500. The van der Waals surface area contributed by atoms with E-state index in [2.05, 4.69) is 10.1 Å². The number of aliphatic hydroxyl groups is 1. The Labute approximate surface area is 99.3 Å². The first-order valence-corrected chi connectivity index (χ1v) is 5.86. The summed E-state index contributed by atoms with van der Waals surface area (Å²) >= 11 is 0. The molecule has 1 aliphatic carbocycles. The Morgan fingerprint density at radius 3 is 2.59 bits per heavy atom. The Hall–Kier alpha value is -0.750. The van der Waals surface area contributed by atoms with Crippen molar-refractivity contribution in [2.75, 3.05) is 19.8 Å². The Kier molecular flexibility index (Phi) is 5.77. The molecule has 1 fully saturated rings. The molecule has 0 aromatic rings. The van der Waals surface area contributed by atoms with Gasteiger partial charge in [0.25, 0.3) is 6.43 Å². The molecule has 6 heteroatoms. The van der Waals surface area contributed by atoms with E-state index in [4.69, 9.17) is 0 Å². The number of halogens is 2. The first kappa shape index (κ1) is 14.3. The molecule has 100 valence electrons. The van der Waals surface area contributed by atoms with Gasteiger partial charge in [0.05, 0.1) is 18.8 Å². The normalized spacial score (nSPS) is 18.6. The SMILES string of the molecule is O=C(CCOCC(F)F)NC1(CO)CCCC1. The standard InChI is InChI=1S/C11H19F2NO3/c12-9(13)7-17-6-3-10(16)14-11(8-15)4-1-2-5-11/h9,15H,1-8H2,(H,14,16). The number of carbonyl (C=O) groups excluding carboxylic acids is 1. The molecule has 1 aliphatic rings. The van der Waals surface area contributed by atoms with Crippen molar-refractivity contribution < 1.29 is 23.4 Å². The van der Waals surface area contributed by atoms with Gasteiger partial charge in [-0.1, -0.05) is 12.8 Å². The topological polar surface area (TPSA) is 58.6 Å². The average Bonchev–Trinajstić information content (AvgIpc) is 2.73. The van der Waals surface area contributed by atoms with Gasteiger partial charge in [0, 0.05) is 6.42 Å². The molecule has 0 radical (unpaired) electrons. The van der Waals surface area contributed by atoms with Crippen LogP contribution in [0.1, 0.15) is 32.1 Å². The first-order valence-electron chi connectivity index (χ1n) is 5.86. The zero-order chi connectivity index (χ0) is 12.7. The Balaban J connectivity index is 2.19. The lowest BCUT2D eigenvalue weighted by molar-refractivity contribution is -0.125. The van der Waals surface area contributed by atoms with Crippen LogP contribution in [0.5, 0.6) is 0 Å². The zero-order valence-electron chi connectivity index (χ0n) is 9.75. The predicted molar refractivity (Wildman–Crippen MR) is 57.9 cm³/mol. The van der Waals surface area contributed by atoms with Crippen molar-refractivity contribution in [2.45, 2.75) is 44.1 Å². The minimum absolute atomic E-state index is 0.0162. The summed E-state index contributed by atoms with van der Waals surface area (Å²) in [6, 6.07) is 0. The summed E-state index contributed by atoms with van der Waals surface area (Å²) < 4.78 is 28.1. The molecule has 1 rings (SSSR count).